The van der Waals surface area contributed by atoms with Crippen molar-refractivity contribution in [3.05, 3.63) is 24.0 Å². The highest BCUT2D eigenvalue weighted by Crippen LogP contribution is 2.22. The van der Waals surface area contributed by atoms with Crippen molar-refractivity contribution in [2.24, 2.45) is 7.05 Å². The Labute approximate surface area is 190 Å². The van der Waals surface area contributed by atoms with Crippen molar-refractivity contribution >= 4 is 27.0 Å². The van der Waals surface area contributed by atoms with Gasteiger partial charge in [0.05, 0.1) is 22.0 Å². The molecule has 0 N–H and O–H groups in total. The van der Waals surface area contributed by atoms with Crippen molar-refractivity contribution in [3.8, 4) is 0 Å². The molecule has 3 heterocycles. The van der Waals surface area contributed by atoms with E-state index in [1.807, 2.05) is 16.5 Å². The zero-order chi connectivity index (χ0) is 22.9. The second-order valence-corrected chi connectivity index (χ2v) is 11.0. The van der Waals surface area contributed by atoms with Gasteiger partial charge < -0.3 is 14.2 Å². The minimum atomic E-state index is -3.51. The van der Waals surface area contributed by atoms with Gasteiger partial charge >= 0.3 is 0 Å². The lowest BCUT2D eigenvalue weighted by molar-refractivity contribution is -0.133. The van der Waals surface area contributed by atoms with Crippen LogP contribution >= 0.6 is 0 Å². The fourth-order valence-corrected chi connectivity index (χ4v) is 5.38. The zero-order valence-corrected chi connectivity index (χ0v) is 20.0. The van der Waals surface area contributed by atoms with Gasteiger partial charge in [-0.05, 0) is 31.0 Å². The van der Waals surface area contributed by atoms with Crippen LogP contribution in [0.15, 0.2) is 23.1 Å². The van der Waals surface area contributed by atoms with Gasteiger partial charge in [0, 0.05) is 73.3 Å². The second kappa shape index (κ2) is 9.46. The largest absolute Gasteiger partial charge is 0.377 e. The van der Waals surface area contributed by atoms with Gasteiger partial charge in [-0.2, -0.15) is 0 Å². The van der Waals surface area contributed by atoms with E-state index in [1.165, 1.54) is 18.4 Å². The molecule has 1 aromatic heterocycles. The maximum atomic E-state index is 12.8. The maximum absolute atomic E-state index is 12.8. The van der Waals surface area contributed by atoms with Gasteiger partial charge in [0.25, 0.3) is 0 Å². The number of benzene rings is 1. The Morgan fingerprint density at radius 2 is 1.97 bits per heavy atom. The molecule has 2 aliphatic heterocycles. The van der Waals surface area contributed by atoms with E-state index >= 15 is 0 Å². The number of sulfonamides is 1. The monoisotopic (exact) mass is 463 g/mol. The van der Waals surface area contributed by atoms with Gasteiger partial charge in [0.15, 0.2) is 0 Å². The minimum Gasteiger partial charge on any atom is -0.377 e. The molecular formula is C22H33N5O4S. The highest BCUT2D eigenvalue weighted by Gasteiger charge is 2.25. The zero-order valence-electron chi connectivity index (χ0n) is 19.2. The number of amides is 1. The molecule has 1 unspecified atom stereocenters. The van der Waals surface area contributed by atoms with Crippen molar-refractivity contribution in [2.45, 2.75) is 36.7 Å². The number of rotatable bonds is 7. The van der Waals surface area contributed by atoms with Crippen molar-refractivity contribution in [1.29, 1.82) is 0 Å². The van der Waals surface area contributed by atoms with Crippen LogP contribution in [-0.4, -0.2) is 97.5 Å². The average Bonchev–Trinajstić information content (AvgIpc) is 3.40. The number of nitrogens with zero attached hydrogens (tertiary/aromatic N) is 5. The van der Waals surface area contributed by atoms with Crippen LogP contribution in [0.5, 0.6) is 0 Å². The van der Waals surface area contributed by atoms with E-state index in [-0.39, 0.29) is 10.8 Å². The number of ether oxygens (including phenoxy) is 1. The van der Waals surface area contributed by atoms with Crippen LogP contribution in [-0.2, 0) is 33.0 Å². The van der Waals surface area contributed by atoms with Crippen LogP contribution in [0.3, 0.4) is 0 Å². The molecule has 0 saturated carbocycles. The third-order valence-corrected chi connectivity index (χ3v) is 8.31. The highest BCUT2D eigenvalue weighted by atomic mass is 32.2. The lowest BCUT2D eigenvalue weighted by atomic mass is 10.2. The molecule has 0 spiro atoms. The average molecular weight is 464 g/mol. The van der Waals surface area contributed by atoms with Crippen LogP contribution in [0.4, 0.5) is 0 Å². The van der Waals surface area contributed by atoms with Gasteiger partial charge in [-0.25, -0.2) is 17.7 Å². The summed E-state index contributed by atoms with van der Waals surface area (Å²) in [4.78, 5) is 21.9. The van der Waals surface area contributed by atoms with Gasteiger partial charge in [0.1, 0.15) is 5.82 Å². The Balaban J connectivity index is 1.34. The summed E-state index contributed by atoms with van der Waals surface area (Å²) in [6, 6.07) is 4.98. The second-order valence-electron chi connectivity index (χ2n) is 8.84. The molecule has 10 heteroatoms. The number of carbonyl (C=O) groups excluding carboxylic acids is 1. The first-order valence-corrected chi connectivity index (χ1v) is 12.7. The minimum absolute atomic E-state index is 0.143. The van der Waals surface area contributed by atoms with E-state index in [0.29, 0.717) is 24.5 Å². The number of fused-ring (bicyclic) bond motifs is 1. The van der Waals surface area contributed by atoms with Crippen LogP contribution in [0.25, 0.3) is 11.0 Å². The Hall–Kier alpha value is -2.01. The molecule has 2 aromatic rings. The predicted octanol–water partition coefficient (Wildman–Crippen LogP) is 1.08. The highest BCUT2D eigenvalue weighted by molar-refractivity contribution is 7.89. The number of imidazole rings is 1. The van der Waals surface area contributed by atoms with Crippen molar-refractivity contribution in [1.82, 2.24) is 23.7 Å². The Kier molecular flexibility index (Phi) is 6.85. The SMILES string of the molecule is CN(C)S(=O)(=O)c1ccc2c(c1)nc(CCC(=O)N1CCN(CC3CCCO3)CC1)n2C. The van der Waals surface area contributed by atoms with Crippen molar-refractivity contribution < 1.29 is 17.9 Å². The van der Waals surface area contributed by atoms with E-state index in [4.69, 9.17) is 4.74 Å². The molecule has 0 bridgehead atoms. The molecule has 1 amide bonds. The summed E-state index contributed by atoms with van der Waals surface area (Å²) in [6.07, 6.45) is 3.56. The van der Waals surface area contributed by atoms with Crippen LogP contribution < -0.4 is 0 Å². The Morgan fingerprint density at radius 3 is 2.62 bits per heavy atom. The van der Waals surface area contributed by atoms with Gasteiger partial charge in [0.2, 0.25) is 15.9 Å². The standard InChI is InChI=1S/C22H33N5O4S/c1-24(2)32(29,30)18-6-7-20-19(15-18)23-21(25(20)3)8-9-22(28)27-12-10-26(11-13-27)16-17-5-4-14-31-17/h6-7,15,17H,4-5,8-14,16H2,1-3H3. The fourth-order valence-electron chi connectivity index (χ4n) is 4.46. The van der Waals surface area contributed by atoms with E-state index in [2.05, 4.69) is 9.88 Å². The lowest BCUT2D eigenvalue weighted by Crippen LogP contribution is -2.50. The first-order chi connectivity index (χ1) is 15.3. The van der Waals surface area contributed by atoms with Gasteiger partial charge in [-0.3, -0.25) is 9.69 Å². The van der Waals surface area contributed by atoms with Crippen molar-refractivity contribution in [2.75, 3.05) is 53.4 Å². The third-order valence-electron chi connectivity index (χ3n) is 6.50. The summed E-state index contributed by atoms with van der Waals surface area (Å²) in [6.45, 7) is 5.12. The molecule has 1 atom stereocenters. The van der Waals surface area contributed by atoms with E-state index in [0.717, 1.165) is 63.5 Å². The van der Waals surface area contributed by atoms with Crippen molar-refractivity contribution in [3.63, 3.8) is 0 Å². The number of aromatic nitrogens is 2. The predicted molar refractivity (Wildman–Crippen MR) is 122 cm³/mol. The first kappa shape index (κ1) is 23.2. The van der Waals surface area contributed by atoms with Crippen LogP contribution in [0, 0.1) is 0 Å². The van der Waals surface area contributed by atoms with E-state index in [1.54, 1.807) is 18.2 Å². The summed E-state index contributed by atoms with van der Waals surface area (Å²) in [5, 5.41) is 0. The molecule has 1 aromatic carbocycles. The van der Waals surface area contributed by atoms with Crippen LogP contribution in [0.1, 0.15) is 25.1 Å². The third kappa shape index (κ3) is 4.83. The molecule has 0 aliphatic carbocycles. The lowest BCUT2D eigenvalue weighted by Gasteiger charge is -2.35. The summed E-state index contributed by atoms with van der Waals surface area (Å²) in [5.41, 5.74) is 1.48. The fraction of sp³-hybridized carbons (Fsp3) is 0.636. The quantitative estimate of drug-likeness (QED) is 0.611. The summed E-state index contributed by atoms with van der Waals surface area (Å²) >= 11 is 0. The summed E-state index contributed by atoms with van der Waals surface area (Å²) in [7, 11) is 1.41. The first-order valence-electron chi connectivity index (χ1n) is 11.3. The summed E-state index contributed by atoms with van der Waals surface area (Å²) in [5.74, 6) is 0.925. The number of aryl methyl sites for hydroxylation is 2. The topological polar surface area (TPSA) is 88.0 Å². The number of carbonyl (C=O) groups is 1. The van der Waals surface area contributed by atoms with E-state index in [9.17, 15) is 13.2 Å². The van der Waals surface area contributed by atoms with Crippen LogP contribution in [0.2, 0.25) is 0 Å². The molecule has 32 heavy (non-hydrogen) atoms. The molecule has 2 fully saturated rings. The van der Waals surface area contributed by atoms with Gasteiger partial charge in [-0.15, -0.1) is 0 Å². The van der Waals surface area contributed by atoms with Gasteiger partial charge in [-0.1, -0.05) is 0 Å². The molecule has 176 valence electrons. The molecule has 2 aliphatic rings. The molecule has 4 rings (SSSR count). The molecular weight excluding hydrogens is 430 g/mol. The molecule has 0 radical (unpaired) electrons. The smallest absolute Gasteiger partial charge is 0.242 e. The molecule has 2 saturated heterocycles. The van der Waals surface area contributed by atoms with E-state index < -0.39 is 10.0 Å². The normalized spacial score (nSPS) is 20.5. The molecule has 9 nitrogen and oxygen atoms in total. The number of hydrogen-bond donors (Lipinski definition) is 0. The maximum Gasteiger partial charge on any atom is 0.242 e. The number of piperazine rings is 1. The Bertz CT molecular complexity index is 1070. The summed E-state index contributed by atoms with van der Waals surface area (Å²) < 4.78 is 33.7. The number of hydrogen-bond acceptors (Lipinski definition) is 6. The Morgan fingerprint density at radius 1 is 1.22 bits per heavy atom.